The van der Waals surface area contributed by atoms with Gasteiger partial charge in [0, 0.05) is 6.42 Å². The first kappa shape index (κ1) is 12.4. The molecule has 3 rings (SSSR count). The van der Waals surface area contributed by atoms with Crippen LogP contribution in [0.2, 0.25) is 0 Å². The maximum Gasteiger partial charge on any atom is 0.255 e. The summed E-state index contributed by atoms with van der Waals surface area (Å²) >= 11 is 0. The van der Waals surface area contributed by atoms with Crippen molar-refractivity contribution in [3.8, 4) is 0 Å². The van der Waals surface area contributed by atoms with E-state index in [2.05, 4.69) is 29.2 Å². The van der Waals surface area contributed by atoms with Crippen molar-refractivity contribution in [2.75, 3.05) is 0 Å². The molecule has 0 amide bonds. The second-order valence-corrected chi connectivity index (χ2v) is 5.05. The molecule has 1 aromatic heterocycles. The Morgan fingerprint density at radius 1 is 1.16 bits per heavy atom. The molecule has 4 nitrogen and oxygen atoms in total. The van der Waals surface area contributed by atoms with E-state index in [0.29, 0.717) is 12.0 Å². The molecule has 0 unspecified atom stereocenters. The van der Waals surface area contributed by atoms with Crippen LogP contribution in [-0.2, 0) is 17.6 Å². The molecule has 19 heavy (non-hydrogen) atoms. The Hall–Kier alpha value is -1.68. The largest absolute Gasteiger partial charge is 0.365 e. The monoisotopic (exact) mass is 258 g/mol. The standard InChI is InChI=1S/C15H18N2O2/c1-11-7-9-13(18-11)15-16-14(17-19-15)10-8-12-5-3-2-4-6-12/h2-6,11,13H,7-10H2,1H3/t11-,13+/m1/s1. The van der Waals surface area contributed by atoms with Gasteiger partial charge in [0.1, 0.15) is 6.10 Å². The molecule has 1 fully saturated rings. The summed E-state index contributed by atoms with van der Waals surface area (Å²) in [7, 11) is 0. The molecule has 0 aliphatic carbocycles. The summed E-state index contributed by atoms with van der Waals surface area (Å²) in [5.41, 5.74) is 1.29. The van der Waals surface area contributed by atoms with Crippen LogP contribution >= 0.6 is 0 Å². The zero-order valence-electron chi connectivity index (χ0n) is 11.1. The molecule has 1 aliphatic rings. The van der Waals surface area contributed by atoms with Crippen molar-refractivity contribution in [1.82, 2.24) is 10.1 Å². The van der Waals surface area contributed by atoms with Crippen LogP contribution in [0.4, 0.5) is 0 Å². The second kappa shape index (κ2) is 5.53. The third kappa shape index (κ3) is 3.01. The number of rotatable bonds is 4. The van der Waals surface area contributed by atoms with Gasteiger partial charge in [-0.25, -0.2) is 0 Å². The Morgan fingerprint density at radius 3 is 2.74 bits per heavy atom. The number of aromatic nitrogens is 2. The van der Waals surface area contributed by atoms with Crippen LogP contribution in [0.1, 0.15) is 43.1 Å². The van der Waals surface area contributed by atoms with E-state index >= 15 is 0 Å². The topological polar surface area (TPSA) is 48.2 Å². The van der Waals surface area contributed by atoms with Gasteiger partial charge in [0.05, 0.1) is 6.10 Å². The summed E-state index contributed by atoms with van der Waals surface area (Å²) in [5, 5.41) is 4.03. The highest BCUT2D eigenvalue weighted by atomic mass is 16.5. The van der Waals surface area contributed by atoms with Crippen LogP contribution in [0.25, 0.3) is 0 Å². The van der Waals surface area contributed by atoms with Gasteiger partial charge in [-0.15, -0.1) is 0 Å². The van der Waals surface area contributed by atoms with E-state index in [4.69, 9.17) is 9.26 Å². The van der Waals surface area contributed by atoms with E-state index in [9.17, 15) is 0 Å². The number of hydrogen-bond donors (Lipinski definition) is 0. The van der Waals surface area contributed by atoms with Crippen molar-refractivity contribution in [2.24, 2.45) is 0 Å². The zero-order valence-corrected chi connectivity index (χ0v) is 11.1. The van der Waals surface area contributed by atoms with E-state index in [1.807, 2.05) is 18.2 Å². The Bertz CT molecular complexity index is 524. The minimum absolute atomic E-state index is 0.00650. The maximum absolute atomic E-state index is 5.73. The average Bonchev–Trinajstić information content (AvgIpc) is 3.06. The van der Waals surface area contributed by atoms with Crippen molar-refractivity contribution in [3.63, 3.8) is 0 Å². The minimum Gasteiger partial charge on any atom is -0.365 e. The highest BCUT2D eigenvalue weighted by Crippen LogP contribution is 2.31. The van der Waals surface area contributed by atoms with Gasteiger partial charge in [-0.3, -0.25) is 0 Å². The molecule has 1 aliphatic heterocycles. The van der Waals surface area contributed by atoms with Gasteiger partial charge < -0.3 is 9.26 Å². The molecule has 1 aromatic carbocycles. The summed E-state index contributed by atoms with van der Waals surface area (Å²) < 4.78 is 11.0. The predicted octanol–water partition coefficient (Wildman–Crippen LogP) is 3.09. The predicted molar refractivity (Wildman–Crippen MR) is 70.7 cm³/mol. The van der Waals surface area contributed by atoms with E-state index in [1.165, 1.54) is 5.56 Å². The number of hydrogen-bond acceptors (Lipinski definition) is 4. The highest BCUT2D eigenvalue weighted by molar-refractivity contribution is 5.15. The van der Waals surface area contributed by atoms with Crippen molar-refractivity contribution < 1.29 is 9.26 Å². The smallest absolute Gasteiger partial charge is 0.255 e. The molecular weight excluding hydrogens is 240 g/mol. The first-order chi connectivity index (χ1) is 9.31. The molecule has 0 N–H and O–H groups in total. The summed E-state index contributed by atoms with van der Waals surface area (Å²) in [5.74, 6) is 1.40. The number of ether oxygens (including phenoxy) is 1. The quantitative estimate of drug-likeness (QED) is 0.845. The Kier molecular flexibility index (Phi) is 3.60. The molecule has 0 radical (unpaired) electrons. The molecule has 2 heterocycles. The maximum atomic E-state index is 5.73. The van der Waals surface area contributed by atoms with Crippen molar-refractivity contribution in [3.05, 3.63) is 47.6 Å². The summed E-state index contributed by atoms with van der Waals surface area (Å²) in [6.45, 7) is 2.08. The lowest BCUT2D eigenvalue weighted by molar-refractivity contribution is 0.0355. The van der Waals surface area contributed by atoms with Crippen molar-refractivity contribution >= 4 is 0 Å². The summed E-state index contributed by atoms with van der Waals surface area (Å²) in [4.78, 5) is 4.44. The summed E-state index contributed by atoms with van der Waals surface area (Å²) in [6.07, 6.45) is 4.06. The van der Waals surface area contributed by atoms with Gasteiger partial charge in [-0.2, -0.15) is 4.98 Å². The van der Waals surface area contributed by atoms with Gasteiger partial charge in [-0.05, 0) is 31.7 Å². The van der Waals surface area contributed by atoms with E-state index in [-0.39, 0.29) is 6.10 Å². The summed E-state index contributed by atoms with van der Waals surface area (Å²) in [6, 6.07) is 10.3. The lowest BCUT2D eigenvalue weighted by Crippen LogP contribution is -2.01. The lowest BCUT2D eigenvalue weighted by atomic mass is 10.1. The first-order valence-corrected chi connectivity index (χ1v) is 6.83. The van der Waals surface area contributed by atoms with E-state index in [1.54, 1.807) is 0 Å². The average molecular weight is 258 g/mol. The van der Waals surface area contributed by atoms with Crippen LogP contribution in [0.5, 0.6) is 0 Å². The Labute approximate surface area is 112 Å². The fraction of sp³-hybridized carbons (Fsp3) is 0.467. The third-order valence-corrected chi connectivity index (χ3v) is 3.47. The molecule has 2 aromatic rings. The minimum atomic E-state index is -0.00650. The fourth-order valence-corrected chi connectivity index (χ4v) is 2.38. The number of nitrogens with zero attached hydrogens (tertiary/aromatic N) is 2. The van der Waals surface area contributed by atoms with Crippen molar-refractivity contribution in [1.29, 1.82) is 0 Å². The SMILES string of the molecule is C[C@@H]1CC[C@@H](c2nc(CCc3ccccc3)no2)O1. The molecule has 2 atom stereocenters. The van der Waals surface area contributed by atoms with Crippen LogP contribution in [0.3, 0.4) is 0 Å². The van der Waals surface area contributed by atoms with Crippen LogP contribution in [0, 0.1) is 0 Å². The fourth-order valence-electron chi connectivity index (χ4n) is 2.38. The van der Waals surface area contributed by atoms with Gasteiger partial charge in [0.15, 0.2) is 5.82 Å². The molecule has 100 valence electrons. The second-order valence-electron chi connectivity index (χ2n) is 5.05. The first-order valence-electron chi connectivity index (χ1n) is 6.83. The molecule has 0 bridgehead atoms. The van der Waals surface area contributed by atoms with Crippen LogP contribution < -0.4 is 0 Å². The number of aryl methyl sites for hydroxylation is 2. The molecule has 1 saturated heterocycles. The molecule has 0 spiro atoms. The van der Waals surface area contributed by atoms with Crippen LogP contribution in [0.15, 0.2) is 34.9 Å². The Morgan fingerprint density at radius 2 is 2.00 bits per heavy atom. The molecule has 0 saturated carbocycles. The molecular formula is C15H18N2O2. The Balaban J connectivity index is 1.59. The third-order valence-electron chi connectivity index (χ3n) is 3.47. The van der Waals surface area contributed by atoms with E-state index in [0.717, 1.165) is 31.5 Å². The van der Waals surface area contributed by atoms with E-state index < -0.39 is 0 Å². The van der Waals surface area contributed by atoms with Gasteiger partial charge in [-0.1, -0.05) is 35.5 Å². The number of benzene rings is 1. The van der Waals surface area contributed by atoms with Gasteiger partial charge in [0.2, 0.25) is 0 Å². The zero-order chi connectivity index (χ0) is 13.1. The van der Waals surface area contributed by atoms with Gasteiger partial charge >= 0.3 is 0 Å². The van der Waals surface area contributed by atoms with Gasteiger partial charge in [0.25, 0.3) is 5.89 Å². The normalized spacial score (nSPS) is 22.8. The van der Waals surface area contributed by atoms with Crippen molar-refractivity contribution in [2.45, 2.75) is 44.8 Å². The van der Waals surface area contributed by atoms with Crippen LogP contribution in [-0.4, -0.2) is 16.2 Å². The lowest BCUT2D eigenvalue weighted by Gasteiger charge is -2.04. The highest BCUT2D eigenvalue weighted by Gasteiger charge is 2.28. The molecule has 4 heteroatoms.